The molecule has 6 heteroatoms. The summed E-state index contributed by atoms with van der Waals surface area (Å²) in [5.74, 6) is -0.558. The average Bonchev–Trinajstić information content (AvgIpc) is 2.79. The van der Waals surface area contributed by atoms with Crippen LogP contribution in [0.25, 0.3) is 11.3 Å². The highest BCUT2D eigenvalue weighted by atomic mass is 19.1. The maximum atomic E-state index is 13.7. The van der Waals surface area contributed by atoms with Crippen molar-refractivity contribution in [1.82, 2.24) is 9.78 Å². The molecule has 1 aromatic carbocycles. The molecule has 0 fully saturated rings. The first-order chi connectivity index (χ1) is 9.61. The lowest BCUT2D eigenvalue weighted by Crippen LogP contribution is -2.14. The van der Waals surface area contributed by atoms with Gasteiger partial charge in [0.1, 0.15) is 5.82 Å². The van der Waals surface area contributed by atoms with Gasteiger partial charge in [0.2, 0.25) is 5.88 Å². The van der Waals surface area contributed by atoms with Crippen molar-refractivity contribution in [1.29, 1.82) is 0 Å². The molecule has 1 aromatic heterocycles. The predicted octanol–water partition coefficient (Wildman–Crippen LogP) is 2.17. The van der Waals surface area contributed by atoms with Crippen LogP contribution in [0.5, 0.6) is 5.88 Å². The molecular formula is C14H15FN2O3. The molecule has 0 aliphatic heterocycles. The minimum absolute atomic E-state index is 0.221. The third kappa shape index (κ3) is 3.14. The Morgan fingerprint density at radius 1 is 1.40 bits per heavy atom. The summed E-state index contributed by atoms with van der Waals surface area (Å²) in [4.78, 5) is 11.2. The molecule has 0 atom stereocenters. The largest absolute Gasteiger partial charge is 0.465 e. The molecule has 0 aliphatic rings. The lowest BCUT2D eigenvalue weighted by molar-refractivity contribution is -0.145. The van der Waals surface area contributed by atoms with Gasteiger partial charge < -0.3 is 9.47 Å². The number of hydrogen-bond acceptors (Lipinski definition) is 4. The Morgan fingerprint density at radius 3 is 2.85 bits per heavy atom. The molecule has 2 aromatic rings. The van der Waals surface area contributed by atoms with Crippen molar-refractivity contribution in [2.45, 2.75) is 6.92 Å². The second-order valence-corrected chi connectivity index (χ2v) is 4.06. The molecule has 0 radical (unpaired) electrons. The number of ether oxygens (including phenoxy) is 2. The van der Waals surface area contributed by atoms with Gasteiger partial charge in [-0.1, -0.05) is 12.1 Å². The van der Waals surface area contributed by atoms with E-state index in [0.29, 0.717) is 17.9 Å². The monoisotopic (exact) mass is 278 g/mol. The second kappa shape index (κ2) is 6.18. The minimum atomic E-state index is -0.467. The number of aryl methyl sites for hydroxylation is 1. The number of carbonyl (C=O) groups is 1. The Labute approximate surface area is 115 Å². The molecule has 5 nitrogen and oxygen atoms in total. The summed E-state index contributed by atoms with van der Waals surface area (Å²) in [7, 11) is 1.68. The summed E-state index contributed by atoms with van der Waals surface area (Å²) < 4.78 is 25.2. The highest BCUT2D eigenvalue weighted by Crippen LogP contribution is 2.25. The topological polar surface area (TPSA) is 53.4 Å². The van der Waals surface area contributed by atoms with E-state index in [1.165, 1.54) is 10.7 Å². The molecular weight excluding hydrogens is 263 g/mol. The average molecular weight is 278 g/mol. The summed E-state index contributed by atoms with van der Waals surface area (Å²) in [5, 5.41) is 4.08. The molecule has 2 rings (SSSR count). The third-order valence-corrected chi connectivity index (χ3v) is 2.65. The highest BCUT2D eigenvalue weighted by molar-refractivity contribution is 5.71. The van der Waals surface area contributed by atoms with E-state index >= 15 is 0 Å². The Balaban J connectivity index is 2.14. The highest BCUT2D eigenvalue weighted by Gasteiger charge is 2.13. The van der Waals surface area contributed by atoms with Crippen molar-refractivity contribution in [2.75, 3.05) is 13.2 Å². The normalized spacial score (nSPS) is 10.3. The van der Waals surface area contributed by atoms with Gasteiger partial charge in [0.15, 0.2) is 6.61 Å². The van der Waals surface area contributed by atoms with Crippen LogP contribution in [-0.4, -0.2) is 29.0 Å². The van der Waals surface area contributed by atoms with Crippen LogP contribution in [0, 0.1) is 5.82 Å². The lowest BCUT2D eigenvalue weighted by atomic mass is 10.1. The Bertz CT molecular complexity index is 610. The summed E-state index contributed by atoms with van der Waals surface area (Å²) in [6.45, 7) is 1.79. The molecule has 0 saturated carbocycles. The molecule has 20 heavy (non-hydrogen) atoms. The molecule has 0 saturated heterocycles. The van der Waals surface area contributed by atoms with Gasteiger partial charge in [-0.05, 0) is 19.1 Å². The quantitative estimate of drug-likeness (QED) is 0.786. The van der Waals surface area contributed by atoms with E-state index in [0.717, 1.165) is 0 Å². The van der Waals surface area contributed by atoms with Crippen LogP contribution in [0.1, 0.15) is 6.92 Å². The van der Waals surface area contributed by atoms with E-state index in [2.05, 4.69) is 5.10 Å². The predicted molar refractivity (Wildman–Crippen MR) is 70.7 cm³/mol. The molecule has 0 amide bonds. The molecule has 0 unspecified atom stereocenters. The SMILES string of the molecule is CCOC(=O)COc1cc(-c2ccccc2F)n(C)n1. The van der Waals surface area contributed by atoms with Crippen LogP contribution in [-0.2, 0) is 16.6 Å². The number of benzene rings is 1. The number of rotatable bonds is 5. The molecule has 1 heterocycles. The fraction of sp³-hybridized carbons (Fsp3) is 0.286. The maximum absolute atomic E-state index is 13.7. The zero-order chi connectivity index (χ0) is 14.5. The van der Waals surface area contributed by atoms with E-state index in [9.17, 15) is 9.18 Å². The standard InChI is InChI=1S/C14H15FN2O3/c1-3-19-14(18)9-20-13-8-12(17(2)16-13)10-6-4-5-7-11(10)15/h4-8H,3,9H2,1-2H3. The van der Waals surface area contributed by atoms with Crippen molar-refractivity contribution in [3.63, 3.8) is 0 Å². The summed E-state index contributed by atoms with van der Waals surface area (Å²) in [6.07, 6.45) is 0. The van der Waals surface area contributed by atoms with Gasteiger partial charge in [0, 0.05) is 18.7 Å². The molecule has 0 N–H and O–H groups in total. The molecule has 0 bridgehead atoms. The fourth-order valence-corrected chi connectivity index (χ4v) is 1.77. The summed E-state index contributed by atoms with van der Waals surface area (Å²) >= 11 is 0. The van der Waals surface area contributed by atoms with Gasteiger partial charge in [-0.3, -0.25) is 4.68 Å². The molecule has 106 valence electrons. The number of halogens is 1. The smallest absolute Gasteiger partial charge is 0.344 e. The van der Waals surface area contributed by atoms with Gasteiger partial charge in [0.25, 0.3) is 0 Å². The van der Waals surface area contributed by atoms with Crippen LogP contribution in [0.15, 0.2) is 30.3 Å². The number of hydrogen-bond donors (Lipinski definition) is 0. The van der Waals surface area contributed by atoms with Crippen LogP contribution in [0.3, 0.4) is 0 Å². The van der Waals surface area contributed by atoms with Gasteiger partial charge in [-0.25, -0.2) is 9.18 Å². The van der Waals surface area contributed by atoms with E-state index in [1.807, 2.05) is 0 Å². The first-order valence-electron chi connectivity index (χ1n) is 6.19. The van der Waals surface area contributed by atoms with Crippen LogP contribution in [0.2, 0.25) is 0 Å². The van der Waals surface area contributed by atoms with Crippen molar-refractivity contribution in [3.8, 4) is 17.1 Å². The Hall–Kier alpha value is -2.37. The first kappa shape index (κ1) is 14.0. The Morgan fingerprint density at radius 2 is 2.15 bits per heavy atom. The van der Waals surface area contributed by atoms with Crippen LogP contribution in [0.4, 0.5) is 4.39 Å². The van der Waals surface area contributed by atoms with Crippen molar-refractivity contribution in [3.05, 3.63) is 36.1 Å². The van der Waals surface area contributed by atoms with Crippen molar-refractivity contribution >= 4 is 5.97 Å². The zero-order valence-corrected chi connectivity index (χ0v) is 11.3. The minimum Gasteiger partial charge on any atom is -0.465 e. The molecule has 0 spiro atoms. The third-order valence-electron chi connectivity index (χ3n) is 2.65. The van der Waals surface area contributed by atoms with Crippen LogP contribution < -0.4 is 4.74 Å². The Kier molecular flexibility index (Phi) is 4.34. The van der Waals surface area contributed by atoms with Crippen molar-refractivity contribution in [2.24, 2.45) is 7.05 Å². The first-order valence-corrected chi connectivity index (χ1v) is 6.19. The maximum Gasteiger partial charge on any atom is 0.344 e. The van der Waals surface area contributed by atoms with Gasteiger partial charge in [0.05, 0.1) is 12.3 Å². The van der Waals surface area contributed by atoms with E-state index in [1.54, 1.807) is 38.2 Å². The summed E-state index contributed by atoms with van der Waals surface area (Å²) in [6, 6.07) is 7.97. The van der Waals surface area contributed by atoms with E-state index < -0.39 is 5.97 Å². The van der Waals surface area contributed by atoms with E-state index in [4.69, 9.17) is 9.47 Å². The van der Waals surface area contributed by atoms with E-state index in [-0.39, 0.29) is 18.3 Å². The van der Waals surface area contributed by atoms with Gasteiger partial charge in [-0.2, -0.15) is 0 Å². The number of aromatic nitrogens is 2. The number of nitrogens with zero attached hydrogens (tertiary/aromatic N) is 2. The zero-order valence-electron chi connectivity index (χ0n) is 11.3. The van der Waals surface area contributed by atoms with Crippen LogP contribution >= 0.6 is 0 Å². The van der Waals surface area contributed by atoms with Crippen molar-refractivity contribution < 1.29 is 18.7 Å². The van der Waals surface area contributed by atoms with Gasteiger partial charge in [-0.15, -0.1) is 5.10 Å². The molecule has 0 aliphatic carbocycles. The summed E-state index contributed by atoms with van der Waals surface area (Å²) in [5.41, 5.74) is 0.996. The number of esters is 1. The number of carbonyl (C=O) groups excluding carboxylic acids is 1. The van der Waals surface area contributed by atoms with Gasteiger partial charge >= 0.3 is 5.97 Å². The fourth-order valence-electron chi connectivity index (χ4n) is 1.77. The lowest BCUT2D eigenvalue weighted by Gasteiger charge is -2.01. The second-order valence-electron chi connectivity index (χ2n) is 4.06.